The van der Waals surface area contributed by atoms with E-state index in [9.17, 15) is 0 Å². The van der Waals surface area contributed by atoms with Gasteiger partial charge in [0, 0.05) is 36.6 Å². The first-order valence-electron chi connectivity index (χ1n) is 8.83. The number of anilines is 2. The van der Waals surface area contributed by atoms with Crippen LogP contribution in [0.25, 0.3) is 11.3 Å². The molecule has 3 aromatic rings. The Hall–Kier alpha value is -2.80. The van der Waals surface area contributed by atoms with Crippen LogP contribution in [0.1, 0.15) is 18.7 Å². The van der Waals surface area contributed by atoms with Crippen LogP contribution >= 0.6 is 11.8 Å². The highest BCUT2D eigenvalue weighted by Gasteiger charge is 2.25. The first-order chi connectivity index (χ1) is 13.2. The molecule has 0 radical (unpaired) electrons. The van der Waals surface area contributed by atoms with Crippen molar-refractivity contribution >= 4 is 23.1 Å². The summed E-state index contributed by atoms with van der Waals surface area (Å²) in [5.74, 6) is 1.38. The van der Waals surface area contributed by atoms with Crippen molar-refractivity contribution < 1.29 is 4.74 Å². The lowest BCUT2D eigenvalue weighted by Crippen LogP contribution is -2.17. The maximum atomic E-state index is 6.26. The van der Waals surface area contributed by atoms with Crippen LogP contribution in [0.5, 0.6) is 5.88 Å². The van der Waals surface area contributed by atoms with Crippen molar-refractivity contribution in [3.05, 3.63) is 54.1 Å². The molecule has 0 spiro atoms. The molecule has 0 saturated heterocycles. The van der Waals surface area contributed by atoms with E-state index in [4.69, 9.17) is 4.74 Å². The summed E-state index contributed by atoms with van der Waals surface area (Å²) in [5.41, 5.74) is 4.70. The molecular formula is C20H21N5OS. The average molecular weight is 379 g/mol. The lowest BCUT2D eigenvalue weighted by Gasteiger charge is -2.20. The number of para-hydroxylation sites is 1. The van der Waals surface area contributed by atoms with Crippen LogP contribution < -0.4 is 15.0 Å². The second-order valence-corrected chi connectivity index (χ2v) is 7.59. The van der Waals surface area contributed by atoms with Gasteiger partial charge in [0.25, 0.3) is 0 Å². The van der Waals surface area contributed by atoms with Crippen molar-refractivity contribution in [2.24, 2.45) is 0 Å². The number of benzene rings is 2. The van der Waals surface area contributed by atoms with Gasteiger partial charge in [-0.3, -0.25) is 0 Å². The molecule has 1 atom stereocenters. The molecule has 0 bridgehead atoms. The van der Waals surface area contributed by atoms with E-state index in [1.807, 2.05) is 38.4 Å². The first-order valence-corrected chi connectivity index (χ1v) is 9.81. The molecule has 138 valence electrons. The summed E-state index contributed by atoms with van der Waals surface area (Å²) in [4.78, 5) is 6.67. The monoisotopic (exact) mass is 379 g/mol. The van der Waals surface area contributed by atoms with Crippen molar-refractivity contribution in [1.29, 1.82) is 0 Å². The van der Waals surface area contributed by atoms with Gasteiger partial charge in [0.2, 0.25) is 11.0 Å². The predicted octanol–water partition coefficient (Wildman–Crippen LogP) is 4.22. The molecule has 1 aromatic heterocycles. The zero-order valence-electron chi connectivity index (χ0n) is 15.5. The number of rotatable bonds is 4. The van der Waals surface area contributed by atoms with Gasteiger partial charge in [-0.2, -0.15) is 4.98 Å². The van der Waals surface area contributed by atoms with Gasteiger partial charge in [-0.1, -0.05) is 49.0 Å². The van der Waals surface area contributed by atoms with Crippen LogP contribution in [0.3, 0.4) is 0 Å². The molecule has 2 heterocycles. The topological polar surface area (TPSA) is 63.2 Å². The van der Waals surface area contributed by atoms with Gasteiger partial charge in [-0.15, -0.1) is 10.2 Å². The lowest BCUT2D eigenvalue weighted by atomic mass is 10.1. The Balaban J connectivity index is 1.77. The highest BCUT2D eigenvalue weighted by molar-refractivity contribution is 7.99. The average Bonchev–Trinajstić information content (AvgIpc) is 2.85. The second kappa shape index (κ2) is 7.44. The van der Waals surface area contributed by atoms with Crippen LogP contribution in [0.15, 0.2) is 53.7 Å². The zero-order valence-corrected chi connectivity index (χ0v) is 16.3. The van der Waals surface area contributed by atoms with Crippen LogP contribution in [-0.4, -0.2) is 35.0 Å². The SMILES string of the molecule is CCSc1nnc2c(n1)O[C@@H](c1ccc(N(C)C)cc1)Nc1ccccc1-2. The molecule has 7 heteroatoms. The van der Waals surface area contributed by atoms with Crippen LogP contribution in [-0.2, 0) is 0 Å². The van der Waals surface area contributed by atoms with E-state index in [2.05, 4.69) is 56.6 Å². The van der Waals surface area contributed by atoms with Gasteiger partial charge in [-0.25, -0.2) is 0 Å². The van der Waals surface area contributed by atoms with Crippen molar-refractivity contribution in [2.45, 2.75) is 18.3 Å². The number of nitrogens with one attached hydrogen (secondary N) is 1. The molecule has 1 aliphatic heterocycles. The van der Waals surface area contributed by atoms with Gasteiger partial charge in [-0.05, 0) is 24.0 Å². The lowest BCUT2D eigenvalue weighted by molar-refractivity contribution is 0.225. The Kier molecular flexibility index (Phi) is 4.85. The zero-order chi connectivity index (χ0) is 18.8. The summed E-state index contributed by atoms with van der Waals surface area (Å²) in [7, 11) is 4.05. The van der Waals surface area contributed by atoms with E-state index < -0.39 is 0 Å². The predicted molar refractivity (Wildman–Crippen MR) is 109 cm³/mol. The molecule has 1 N–H and O–H groups in total. The summed E-state index contributed by atoms with van der Waals surface area (Å²) in [6.45, 7) is 2.06. The Morgan fingerprint density at radius 3 is 2.59 bits per heavy atom. The fourth-order valence-electron chi connectivity index (χ4n) is 2.94. The molecule has 4 rings (SSSR count). The number of thioether (sulfide) groups is 1. The van der Waals surface area contributed by atoms with Crippen LogP contribution in [0.4, 0.5) is 11.4 Å². The molecule has 27 heavy (non-hydrogen) atoms. The molecule has 0 saturated carbocycles. The van der Waals surface area contributed by atoms with Crippen molar-refractivity contribution in [3.8, 4) is 17.1 Å². The number of nitrogens with zero attached hydrogens (tertiary/aromatic N) is 4. The van der Waals surface area contributed by atoms with Gasteiger partial charge in [0.05, 0.1) is 0 Å². The van der Waals surface area contributed by atoms with E-state index >= 15 is 0 Å². The quantitative estimate of drug-likeness (QED) is 0.681. The number of hydrogen-bond donors (Lipinski definition) is 1. The second-order valence-electron chi connectivity index (χ2n) is 6.35. The molecule has 0 aliphatic carbocycles. The minimum Gasteiger partial charge on any atom is -0.448 e. The minimum absolute atomic E-state index is 0.361. The highest BCUT2D eigenvalue weighted by atomic mass is 32.2. The van der Waals surface area contributed by atoms with Gasteiger partial charge in [0.15, 0.2) is 11.9 Å². The van der Waals surface area contributed by atoms with E-state index in [1.165, 1.54) is 0 Å². The van der Waals surface area contributed by atoms with Crippen molar-refractivity contribution in [3.63, 3.8) is 0 Å². The summed E-state index contributed by atoms with van der Waals surface area (Å²) >= 11 is 1.55. The Morgan fingerprint density at radius 2 is 1.85 bits per heavy atom. The van der Waals surface area contributed by atoms with Gasteiger partial charge >= 0.3 is 0 Å². The molecular weight excluding hydrogens is 358 g/mol. The van der Waals surface area contributed by atoms with Crippen LogP contribution in [0, 0.1) is 0 Å². The van der Waals surface area contributed by atoms with Crippen LogP contribution in [0.2, 0.25) is 0 Å². The van der Waals surface area contributed by atoms with Crippen molar-refractivity contribution in [2.75, 3.05) is 30.1 Å². The van der Waals surface area contributed by atoms with E-state index in [0.717, 1.165) is 28.3 Å². The van der Waals surface area contributed by atoms with Gasteiger partial charge in [0.1, 0.15) is 0 Å². The maximum Gasteiger partial charge on any atom is 0.247 e. The fourth-order valence-corrected chi connectivity index (χ4v) is 3.44. The third kappa shape index (κ3) is 3.55. The number of aromatic nitrogens is 3. The molecule has 0 amide bonds. The normalized spacial score (nSPS) is 15.0. The molecule has 1 aliphatic rings. The standard InChI is InChI=1S/C20H21N5OS/c1-4-27-20-22-19-17(23-24-20)15-7-5-6-8-16(15)21-18(26-19)13-9-11-14(12-10-13)25(2)3/h5-12,18,21H,4H2,1-3H3/t18-/m0/s1. The molecule has 2 aromatic carbocycles. The van der Waals surface area contributed by atoms with Gasteiger partial charge < -0.3 is 15.0 Å². The van der Waals surface area contributed by atoms with E-state index in [0.29, 0.717) is 16.7 Å². The molecule has 0 fully saturated rings. The maximum absolute atomic E-state index is 6.26. The summed E-state index contributed by atoms with van der Waals surface area (Å²) in [6, 6.07) is 16.3. The Morgan fingerprint density at radius 1 is 1.07 bits per heavy atom. The van der Waals surface area contributed by atoms with Crippen molar-refractivity contribution in [1.82, 2.24) is 15.2 Å². The minimum atomic E-state index is -0.361. The summed E-state index contributed by atoms with van der Waals surface area (Å²) < 4.78 is 6.26. The Labute approximate surface area is 163 Å². The highest BCUT2D eigenvalue weighted by Crippen LogP contribution is 2.39. The van der Waals surface area contributed by atoms with E-state index in [1.54, 1.807) is 11.8 Å². The molecule has 6 nitrogen and oxygen atoms in total. The smallest absolute Gasteiger partial charge is 0.247 e. The number of hydrogen-bond acceptors (Lipinski definition) is 7. The van der Waals surface area contributed by atoms with E-state index in [-0.39, 0.29) is 6.23 Å². The number of fused-ring (bicyclic) bond motifs is 3. The third-order valence-electron chi connectivity index (χ3n) is 4.32. The third-order valence-corrected chi connectivity index (χ3v) is 5.04. The first kappa shape index (κ1) is 17.6. The number of ether oxygens (including phenoxy) is 1. The fraction of sp³-hybridized carbons (Fsp3) is 0.250. The molecule has 0 unspecified atom stereocenters. The largest absolute Gasteiger partial charge is 0.448 e. The summed E-state index contributed by atoms with van der Waals surface area (Å²) in [5, 5.41) is 12.7. The Bertz CT molecular complexity index is 945. The summed E-state index contributed by atoms with van der Waals surface area (Å²) in [6.07, 6.45) is -0.361.